The second-order valence-electron chi connectivity index (χ2n) is 3.67. The SMILES string of the molecule is CCc1nc(N)cc(NCc2ncc(C)o2)n1. The smallest absolute Gasteiger partial charge is 0.213 e. The molecular formula is C11H15N5O. The Morgan fingerprint density at radius 1 is 1.41 bits per heavy atom. The number of hydrogen-bond donors (Lipinski definition) is 2. The topological polar surface area (TPSA) is 89.9 Å². The van der Waals surface area contributed by atoms with E-state index in [4.69, 9.17) is 10.2 Å². The highest BCUT2D eigenvalue weighted by Crippen LogP contribution is 2.10. The van der Waals surface area contributed by atoms with Crippen molar-refractivity contribution in [2.75, 3.05) is 11.1 Å². The van der Waals surface area contributed by atoms with E-state index in [1.54, 1.807) is 12.3 Å². The summed E-state index contributed by atoms with van der Waals surface area (Å²) in [5.41, 5.74) is 5.68. The van der Waals surface area contributed by atoms with Gasteiger partial charge in [0.2, 0.25) is 5.89 Å². The molecule has 0 atom stereocenters. The lowest BCUT2D eigenvalue weighted by molar-refractivity contribution is 0.478. The summed E-state index contributed by atoms with van der Waals surface area (Å²) >= 11 is 0. The number of nitrogens with two attached hydrogens (primary N) is 1. The van der Waals surface area contributed by atoms with Crippen LogP contribution in [-0.4, -0.2) is 15.0 Å². The molecule has 0 aromatic carbocycles. The number of nitrogens with one attached hydrogen (secondary N) is 1. The molecule has 0 amide bonds. The highest BCUT2D eigenvalue weighted by Gasteiger charge is 2.03. The lowest BCUT2D eigenvalue weighted by Gasteiger charge is -2.05. The molecule has 0 radical (unpaired) electrons. The molecule has 17 heavy (non-hydrogen) atoms. The van der Waals surface area contributed by atoms with Crippen LogP contribution in [0.5, 0.6) is 0 Å². The van der Waals surface area contributed by atoms with Crippen molar-refractivity contribution in [3.8, 4) is 0 Å². The fourth-order valence-corrected chi connectivity index (χ4v) is 1.42. The van der Waals surface area contributed by atoms with E-state index in [1.807, 2.05) is 13.8 Å². The van der Waals surface area contributed by atoms with E-state index < -0.39 is 0 Å². The van der Waals surface area contributed by atoms with Gasteiger partial charge in [0.1, 0.15) is 23.2 Å². The van der Waals surface area contributed by atoms with Crippen LogP contribution in [0, 0.1) is 6.92 Å². The van der Waals surface area contributed by atoms with E-state index in [-0.39, 0.29) is 0 Å². The van der Waals surface area contributed by atoms with Crippen LogP contribution in [0.4, 0.5) is 11.6 Å². The van der Waals surface area contributed by atoms with Crippen molar-refractivity contribution in [1.29, 1.82) is 0 Å². The molecule has 0 aliphatic carbocycles. The second kappa shape index (κ2) is 4.82. The van der Waals surface area contributed by atoms with E-state index in [1.165, 1.54) is 0 Å². The second-order valence-corrected chi connectivity index (χ2v) is 3.67. The Hall–Kier alpha value is -2.11. The number of rotatable bonds is 4. The lowest BCUT2D eigenvalue weighted by atomic mass is 10.4. The average Bonchev–Trinajstić information content (AvgIpc) is 2.72. The number of aryl methyl sites for hydroxylation is 2. The first-order valence-electron chi connectivity index (χ1n) is 5.46. The maximum atomic E-state index is 5.68. The zero-order valence-electron chi connectivity index (χ0n) is 9.90. The molecule has 2 rings (SSSR count). The molecule has 0 aliphatic heterocycles. The van der Waals surface area contributed by atoms with Gasteiger partial charge in [0.15, 0.2) is 0 Å². The fraction of sp³-hybridized carbons (Fsp3) is 0.364. The van der Waals surface area contributed by atoms with E-state index in [2.05, 4.69) is 20.3 Å². The molecule has 0 bridgehead atoms. The van der Waals surface area contributed by atoms with E-state index in [9.17, 15) is 0 Å². The van der Waals surface area contributed by atoms with Gasteiger partial charge in [-0.2, -0.15) is 0 Å². The highest BCUT2D eigenvalue weighted by molar-refractivity contribution is 5.44. The third-order valence-electron chi connectivity index (χ3n) is 2.20. The molecule has 0 spiro atoms. The summed E-state index contributed by atoms with van der Waals surface area (Å²) < 4.78 is 5.34. The first-order chi connectivity index (χ1) is 8.17. The van der Waals surface area contributed by atoms with Crippen molar-refractivity contribution in [3.05, 3.63) is 29.7 Å². The van der Waals surface area contributed by atoms with Crippen molar-refractivity contribution in [2.24, 2.45) is 0 Å². The fourth-order valence-electron chi connectivity index (χ4n) is 1.42. The molecular weight excluding hydrogens is 218 g/mol. The van der Waals surface area contributed by atoms with E-state index >= 15 is 0 Å². The van der Waals surface area contributed by atoms with E-state index in [0.29, 0.717) is 24.1 Å². The Labute approximate surface area is 99.3 Å². The Morgan fingerprint density at radius 2 is 2.24 bits per heavy atom. The molecule has 0 saturated carbocycles. The van der Waals surface area contributed by atoms with Crippen LogP contribution in [0.15, 0.2) is 16.7 Å². The molecule has 3 N–H and O–H groups in total. The molecule has 6 nitrogen and oxygen atoms in total. The molecule has 0 fully saturated rings. The van der Waals surface area contributed by atoms with Gasteiger partial charge in [-0.15, -0.1) is 0 Å². The first-order valence-corrected chi connectivity index (χ1v) is 5.46. The summed E-state index contributed by atoms with van der Waals surface area (Å²) in [5, 5.41) is 3.10. The lowest BCUT2D eigenvalue weighted by Crippen LogP contribution is -2.06. The molecule has 2 aromatic rings. The van der Waals surface area contributed by atoms with Crippen molar-refractivity contribution in [1.82, 2.24) is 15.0 Å². The molecule has 0 unspecified atom stereocenters. The van der Waals surface area contributed by atoms with Crippen LogP contribution in [0.2, 0.25) is 0 Å². The van der Waals surface area contributed by atoms with Crippen molar-refractivity contribution < 1.29 is 4.42 Å². The number of anilines is 2. The summed E-state index contributed by atoms with van der Waals surface area (Å²) in [7, 11) is 0. The third kappa shape index (κ3) is 2.93. The van der Waals surface area contributed by atoms with Crippen LogP contribution >= 0.6 is 0 Å². The Kier molecular flexibility index (Phi) is 3.22. The quantitative estimate of drug-likeness (QED) is 0.832. The van der Waals surface area contributed by atoms with Crippen molar-refractivity contribution >= 4 is 11.6 Å². The maximum absolute atomic E-state index is 5.68. The summed E-state index contributed by atoms with van der Waals surface area (Å²) in [5.74, 6) is 3.28. The predicted octanol–water partition coefficient (Wildman–Crippen LogP) is 1.53. The summed E-state index contributed by atoms with van der Waals surface area (Å²) in [6.45, 7) is 4.32. The Balaban J connectivity index is 2.05. The Bertz CT molecular complexity index is 508. The van der Waals surface area contributed by atoms with Gasteiger partial charge in [0.25, 0.3) is 0 Å². The molecule has 0 aliphatic rings. The predicted molar refractivity (Wildman–Crippen MR) is 64.4 cm³/mol. The molecule has 2 aromatic heterocycles. The van der Waals surface area contributed by atoms with Crippen molar-refractivity contribution in [3.63, 3.8) is 0 Å². The minimum Gasteiger partial charge on any atom is -0.444 e. The number of aromatic nitrogens is 3. The van der Waals surface area contributed by atoms with Crippen LogP contribution in [-0.2, 0) is 13.0 Å². The maximum Gasteiger partial charge on any atom is 0.213 e. The number of nitrogen functional groups attached to an aromatic ring is 1. The summed E-state index contributed by atoms with van der Waals surface area (Å²) in [6.07, 6.45) is 2.43. The number of nitrogens with zero attached hydrogens (tertiary/aromatic N) is 3. The monoisotopic (exact) mass is 233 g/mol. The van der Waals surface area contributed by atoms with Gasteiger partial charge in [-0.25, -0.2) is 15.0 Å². The molecule has 0 saturated heterocycles. The van der Waals surface area contributed by atoms with Crippen LogP contribution in [0.1, 0.15) is 24.4 Å². The number of hydrogen-bond acceptors (Lipinski definition) is 6. The molecule has 6 heteroatoms. The highest BCUT2D eigenvalue weighted by atomic mass is 16.4. The van der Waals surface area contributed by atoms with Gasteiger partial charge in [-0.1, -0.05) is 6.92 Å². The average molecular weight is 233 g/mol. The van der Waals surface area contributed by atoms with Gasteiger partial charge < -0.3 is 15.5 Å². The van der Waals surface area contributed by atoms with Gasteiger partial charge in [0.05, 0.1) is 12.7 Å². The largest absolute Gasteiger partial charge is 0.444 e. The normalized spacial score (nSPS) is 10.5. The van der Waals surface area contributed by atoms with Gasteiger partial charge >= 0.3 is 0 Å². The van der Waals surface area contributed by atoms with Crippen molar-refractivity contribution in [2.45, 2.75) is 26.8 Å². The first kappa shape index (κ1) is 11.4. The number of oxazole rings is 1. The minimum absolute atomic E-state index is 0.461. The third-order valence-corrected chi connectivity index (χ3v) is 2.20. The zero-order chi connectivity index (χ0) is 12.3. The Morgan fingerprint density at radius 3 is 2.88 bits per heavy atom. The standard InChI is InChI=1S/C11H15N5O/c1-3-9-15-8(12)4-10(16-9)13-6-11-14-5-7(2)17-11/h4-5H,3,6H2,1-2H3,(H3,12,13,15,16). The van der Waals surface area contributed by atoms with Gasteiger partial charge in [-0.05, 0) is 6.92 Å². The van der Waals surface area contributed by atoms with E-state index in [0.717, 1.165) is 18.0 Å². The molecule has 90 valence electrons. The van der Waals surface area contributed by atoms with Gasteiger partial charge in [0, 0.05) is 12.5 Å². The van der Waals surface area contributed by atoms with Crippen LogP contribution < -0.4 is 11.1 Å². The zero-order valence-corrected chi connectivity index (χ0v) is 9.90. The summed E-state index contributed by atoms with van der Waals surface area (Å²) in [6, 6.07) is 1.69. The van der Waals surface area contributed by atoms with Crippen LogP contribution in [0.25, 0.3) is 0 Å². The molecule has 2 heterocycles. The summed E-state index contributed by atoms with van der Waals surface area (Å²) in [4.78, 5) is 12.5. The minimum atomic E-state index is 0.461. The van der Waals surface area contributed by atoms with Crippen LogP contribution in [0.3, 0.4) is 0 Å². The van der Waals surface area contributed by atoms with Gasteiger partial charge in [-0.3, -0.25) is 0 Å².